The molecule has 0 aromatic heterocycles. The van der Waals surface area contributed by atoms with E-state index in [0.717, 1.165) is 5.96 Å². The molecule has 0 spiro atoms. The fraction of sp³-hybridized carbons (Fsp3) is 0.600. The third-order valence-electron chi connectivity index (χ3n) is 5.02. The Morgan fingerprint density at radius 1 is 1.24 bits per heavy atom. The lowest BCUT2D eigenvalue weighted by molar-refractivity contribution is -0.127. The molecule has 5 nitrogen and oxygen atoms in total. The number of amides is 1. The molecule has 5 heteroatoms. The van der Waals surface area contributed by atoms with Crippen LogP contribution in [0.4, 0.5) is 0 Å². The summed E-state index contributed by atoms with van der Waals surface area (Å²) in [6, 6.07) is 7.50. The smallest absolute Gasteiger partial charge is 0.243 e. The van der Waals surface area contributed by atoms with E-state index in [9.17, 15) is 4.79 Å². The summed E-state index contributed by atoms with van der Waals surface area (Å²) in [7, 11) is 3.52. The van der Waals surface area contributed by atoms with E-state index in [4.69, 9.17) is 0 Å². The highest BCUT2D eigenvalue weighted by Crippen LogP contribution is 2.25. The van der Waals surface area contributed by atoms with Crippen molar-refractivity contribution in [2.45, 2.75) is 57.5 Å². The Morgan fingerprint density at radius 3 is 2.64 bits per heavy atom. The lowest BCUT2D eigenvalue weighted by atomic mass is 9.89. The molecule has 136 valence electrons. The van der Waals surface area contributed by atoms with Gasteiger partial charge in [0.25, 0.3) is 0 Å². The van der Waals surface area contributed by atoms with Crippen LogP contribution >= 0.6 is 0 Å². The summed E-state index contributed by atoms with van der Waals surface area (Å²) in [6.45, 7) is 2.33. The Kier molecular flexibility index (Phi) is 5.61. The maximum Gasteiger partial charge on any atom is 0.243 e. The molecule has 0 radical (unpaired) electrons. The van der Waals surface area contributed by atoms with Crippen molar-refractivity contribution in [2.24, 2.45) is 4.99 Å². The minimum atomic E-state index is 0.0123. The monoisotopic (exact) mass is 342 g/mol. The van der Waals surface area contributed by atoms with E-state index in [2.05, 4.69) is 40.7 Å². The molecule has 0 aliphatic heterocycles. The fourth-order valence-corrected chi connectivity index (χ4v) is 3.15. The highest BCUT2D eigenvalue weighted by molar-refractivity contribution is 5.85. The summed E-state index contributed by atoms with van der Waals surface area (Å²) in [6.07, 6.45) is 7.35. The first-order valence-corrected chi connectivity index (χ1v) is 9.42. The maximum atomic E-state index is 11.8. The summed E-state index contributed by atoms with van der Waals surface area (Å²) in [5.74, 6) is 0.751. The maximum absolute atomic E-state index is 11.8. The van der Waals surface area contributed by atoms with Crippen LogP contribution < -0.4 is 10.6 Å². The number of nitrogens with one attached hydrogen (secondary N) is 2. The van der Waals surface area contributed by atoms with Crippen molar-refractivity contribution >= 4 is 11.9 Å². The molecule has 1 aromatic rings. The topological polar surface area (TPSA) is 56.7 Å². The highest BCUT2D eigenvalue weighted by atomic mass is 16.2. The van der Waals surface area contributed by atoms with E-state index in [1.807, 2.05) is 0 Å². The molecule has 0 saturated heterocycles. The molecule has 1 saturated carbocycles. The largest absolute Gasteiger partial charge is 0.354 e. The molecular formula is C20H30N4O. The fourth-order valence-electron chi connectivity index (χ4n) is 3.15. The molecule has 25 heavy (non-hydrogen) atoms. The Hall–Kier alpha value is -2.04. The number of fused-ring (bicyclic) bond motifs is 1. The number of carbonyl (C=O) groups excluding carboxylic acids is 1. The van der Waals surface area contributed by atoms with Crippen molar-refractivity contribution in [3.8, 4) is 0 Å². The summed E-state index contributed by atoms with van der Waals surface area (Å²) in [4.78, 5) is 17.9. The Balaban J connectivity index is 1.67. The number of aryl methyl sites for hydroxylation is 2. The van der Waals surface area contributed by atoms with Crippen LogP contribution in [0.3, 0.4) is 0 Å². The Labute approximate surface area is 150 Å². The van der Waals surface area contributed by atoms with Gasteiger partial charge in [0, 0.05) is 20.1 Å². The number of rotatable bonds is 5. The number of carbonyl (C=O) groups is 1. The quantitative estimate of drug-likeness (QED) is 0.638. The number of likely N-dealkylation sites (N-methyl/N-ethyl adjacent to an activating group) is 1. The van der Waals surface area contributed by atoms with Crippen LogP contribution in [0, 0.1) is 0 Å². The normalized spacial score (nSPS) is 18.3. The molecule has 2 N–H and O–H groups in total. The zero-order valence-corrected chi connectivity index (χ0v) is 15.6. The third-order valence-corrected chi connectivity index (χ3v) is 5.02. The third kappa shape index (κ3) is 4.97. The molecule has 0 heterocycles. The van der Waals surface area contributed by atoms with Gasteiger partial charge in [-0.05, 0) is 62.1 Å². The van der Waals surface area contributed by atoms with Gasteiger partial charge in [-0.25, -0.2) is 4.99 Å². The predicted molar refractivity (Wildman–Crippen MR) is 102 cm³/mol. The van der Waals surface area contributed by atoms with Crippen molar-refractivity contribution in [2.75, 3.05) is 20.6 Å². The zero-order chi connectivity index (χ0) is 17.8. The van der Waals surface area contributed by atoms with E-state index in [0.29, 0.717) is 6.04 Å². The highest BCUT2D eigenvalue weighted by Gasteiger charge is 2.23. The molecule has 0 bridgehead atoms. The molecule has 1 fully saturated rings. The van der Waals surface area contributed by atoms with Gasteiger partial charge in [0.05, 0.1) is 6.04 Å². The van der Waals surface area contributed by atoms with Crippen molar-refractivity contribution < 1.29 is 4.79 Å². The van der Waals surface area contributed by atoms with Crippen LogP contribution in [0.1, 0.15) is 55.3 Å². The zero-order valence-electron chi connectivity index (χ0n) is 15.6. The molecular weight excluding hydrogens is 312 g/mol. The minimum absolute atomic E-state index is 0.0123. The predicted octanol–water partition coefficient (Wildman–Crippen LogP) is 2.41. The summed E-state index contributed by atoms with van der Waals surface area (Å²) in [5.41, 5.74) is 4.28. The van der Waals surface area contributed by atoms with Gasteiger partial charge < -0.3 is 15.5 Å². The van der Waals surface area contributed by atoms with Gasteiger partial charge in [-0.15, -0.1) is 0 Å². The first-order chi connectivity index (χ1) is 12.0. The van der Waals surface area contributed by atoms with Crippen LogP contribution in [0.2, 0.25) is 0 Å². The second kappa shape index (κ2) is 7.89. The van der Waals surface area contributed by atoms with Crippen LogP contribution in [-0.4, -0.2) is 43.4 Å². The second-order valence-electron chi connectivity index (χ2n) is 7.47. The van der Waals surface area contributed by atoms with Crippen molar-refractivity contribution in [1.82, 2.24) is 15.5 Å². The number of benzene rings is 1. The molecule has 1 atom stereocenters. The van der Waals surface area contributed by atoms with Crippen LogP contribution in [0.25, 0.3) is 0 Å². The molecule has 1 amide bonds. The van der Waals surface area contributed by atoms with Crippen molar-refractivity contribution in [1.29, 1.82) is 0 Å². The second-order valence-corrected chi connectivity index (χ2v) is 7.47. The van der Waals surface area contributed by atoms with Gasteiger partial charge in [-0.1, -0.05) is 18.2 Å². The van der Waals surface area contributed by atoms with E-state index in [1.54, 1.807) is 19.0 Å². The molecule has 2 aliphatic carbocycles. The van der Waals surface area contributed by atoms with Crippen molar-refractivity contribution in [3.63, 3.8) is 0 Å². The van der Waals surface area contributed by atoms with Crippen LogP contribution in [0.15, 0.2) is 23.2 Å². The molecule has 2 aliphatic rings. The van der Waals surface area contributed by atoms with Gasteiger partial charge in [-0.3, -0.25) is 4.79 Å². The van der Waals surface area contributed by atoms with E-state index >= 15 is 0 Å². The van der Waals surface area contributed by atoms with Crippen molar-refractivity contribution in [3.05, 3.63) is 34.9 Å². The Morgan fingerprint density at radius 2 is 1.96 bits per heavy atom. The summed E-state index contributed by atoms with van der Waals surface area (Å²) < 4.78 is 0. The number of aliphatic imine (C=N–C) groups is 1. The number of nitrogens with zero attached hydrogens (tertiary/aromatic N) is 2. The Bertz CT molecular complexity index is 649. The number of hydrogen-bond acceptors (Lipinski definition) is 2. The average Bonchev–Trinajstić information content (AvgIpc) is 3.42. The van der Waals surface area contributed by atoms with Gasteiger partial charge in [-0.2, -0.15) is 0 Å². The molecule has 1 unspecified atom stereocenters. The van der Waals surface area contributed by atoms with Crippen LogP contribution in [0.5, 0.6) is 0 Å². The van der Waals surface area contributed by atoms with Gasteiger partial charge in [0.1, 0.15) is 6.54 Å². The SMILES string of the molecule is CC(NC(=NCC(=O)N(C)C)NC1CC1)c1ccc2c(c1)CCCC2. The first kappa shape index (κ1) is 17.8. The lowest BCUT2D eigenvalue weighted by Crippen LogP contribution is -2.41. The first-order valence-electron chi connectivity index (χ1n) is 9.42. The summed E-state index contributed by atoms with van der Waals surface area (Å²) in [5, 5.41) is 6.89. The number of guanidine groups is 1. The van der Waals surface area contributed by atoms with E-state index in [1.165, 1.54) is 55.2 Å². The van der Waals surface area contributed by atoms with Crippen LogP contribution in [-0.2, 0) is 17.6 Å². The summed E-state index contributed by atoms with van der Waals surface area (Å²) >= 11 is 0. The van der Waals surface area contributed by atoms with E-state index in [-0.39, 0.29) is 18.5 Å². The number of hydrogen-bond donors (Lipinski definition) is 2. The minimum Gasteiger partial charge on any atom is -0.354 e. The van der Waals surface area contributed by atoms with Gasteiger partial charge in [0.2, 0.25) is 5.91 Å². The van der Waals surface area contributed by atoms with E-state index < -0.39 is 0 Å². The molecule has 3 rings (SSSR count). The van der Waals surface area contributed by atoms with Gasteiger partial charge in [0.15, 0.2) is 5.96 Å². The van der Waals surface area contributed by atoms with Gasteiger partial charge >= 0.3 is 0 Å². The standard InChI is InChI=1S/C20H30N4O/c1-14(16-9-8-15-6-4-5-7-17(15)12-16)22-20(23-18-10-11-18)21-13-19(25)24(2)3/h8-9,12,14,18H,4-7,10-11,13H2,1-3H3,(H2,21,22,23). The molecule has 1 aromatic carbocycles. The average molecular weight is 342 g/mol. The lowest BCUT2D eigenvalue weighted by Gasteiger charge is -2.22.